The maximum atomic E-state index is 6.02. The fraction of sp³-hybridized carbons (Fsp3) is 1.00. The molecule has 3 unspecified atom stereocenters. The third-order valence-electron chi connectivity index (χ3n) is 5.60. The summed E-state index contributed by atoms with van der Waals surface area (Å²) in [5.41, 5.74) is 6.02. The van der Waals surface area contributed by atoms with Crippen molar-refractivity contribution in [2.24, 2.45) is 11.7 Å². The van der Waals surface area contributed by atoms with Gasteiger partial charge < -0.3 is 15.5 Å². The summed E-state index contributed by atoms with van der Waals surface area (Å²) in [6.45, 7) is 7.06. The van der Waals surface area contributed by atoms with E-state index in [-0.39, 0.29) is 0 Å². The quantitative estimate of drug-likeness (QED) is 0.841. The van der Waals surface area contributed by atoms with Gasteiger partial charge in [0, 0.05) is 12.1 Å². The molecule has 0 radical (unpaired) electrons. The van der Waals surface area contributed by atoms with Crippen LogP contribution in [-0.4, -0.2) is 55.1 Å². The van der Waals surface area contributed by atoms with E-state index in [0.717, 1.165) is 24.5 Å². The molecule has 0 aromatic carbocycles. The fourth-order valence-electron chi connectivity index (χ4n) is 4.36. The van der Waals surface area contributed by atoms with E-state index in [1.54, 1.807) is 0 Å². The van der Waals surface area contributed by atoms with Crippen LogP contribution in [0.15, 0.2) is 0 Å². The van der Waals surface area contributed by atoms with Gasteiger partial charge in [0.15, 0.2) is 0 Å². The van der Waals surface area contributed by atoms with Crippen molar-refractivity contribution in [3.8, 4) is 0 Å². The van der Waals surface area contributed by atoms with E-state index in [9.17, 15) is 0 Å². The van der Waals surface area contributed by atoms with Crippen molar-refractivity contribution >= 4 is 0 Å². The molecule has 0 amide bonds. The molecule has 1 heterocycles. The molecule has 0 bridgehead atoms. The molecule has 2 N–H and O–H groups in total. The zero-order valence-corrected chi connectivity index (χ0v) is 13.7. The highest BCUT2D eigenvalue weighted by Crippen LogP contribution is 2.30. The summed E-state index contributed by atoms with van der Waals surface area (Å²) in [6.07, 6.45) is 10.9. The average Bonchev–Trinajstić information content (AvgIpc) is 2.72. The maximum Gasteiger partial charge on any atom is 0.0135 e. The first kappa shape index (κ1) is 16.3. The summed E-state index contributed by atoms with van der Waals surface area (Å²) >= 11 is 0. The molecule has 0 aromatic rings. The Labute approximate surface area is 125 Å². The van der Waals surface area contributed by atoms with Gasteiger partial charge in [-0.1, -0.05) is 19.8 Å². The van der Waals surface area contributed by atoms with Crippen molar-refractivity contribution in [1.29, 1.82) is 0 Å². The topological polar surface area (TPSA) is 32.5 Å². The Hall–Kier alpha value is -0.120. The van der Waals surface area contributed by atoms with Crippen molar-refractivity contribution in [3.05, 3.63) is 0 Å². The molecule has 3 nitrogen and oxygen atoms in total. The van der Waals surface area contributed by atoms with Crippen LogP contribution in [0.3, 0.4) is 0 Å². The molecule has 2 aliphatic rings. The molecular weight excluding hydrogens is 246 g/mol. The summed E-state index contributed by atoms with van der Waals surface area (Å²) < 4.78 is 0. The smallest absolute Gasteiger partial charge is 0.0135 e. The number of nitrogens with zero attached hydrogens (tertiary/aromatic N) is 2. The summed E-state index contributed by atoms with van der Waals surface area (Å²) in [6, 6.07) is 1.53. The Bertz CT molecular complexity index is 269. The summed E-state index contributed by atoms with van der Waals surface area (Å²) in [5, 5.41) is 0. The van der Waals surface area contributed by atoms with Gasteiger partial charge >= 0.3 is 0 Å². The molecule has 2 rings (SSSR count). The lowest BCUT2D eigenvalue weighted by molar-refractivity contribution is 0.0843. The zero-order valence-electron chi connectivity index (χ0n) is 13.7. The largest absolute Gasteiger partial charge is 0.330 e. The molecule has 2 fully saturated rings. The third kappa shape index (κ3) is 4.19. The molecule has 1 saturated heterocycles. The highest BCUT2D eigenvalue weighted by Gasteiger charge is 2.31. The van der Waals surface area contributed by atoms with Gasteiger partial charge in [-0.15, -0.1) is 0 Å². The van der Waals surface area contributed by atoms with E-state index in [1.807, 2.05) is 0 Å². The number of hydrogen-bond acceptors (Lipinski definition) is 3. The van der Waals surface area contributed by atoms with Gasteiger partial charge in [0.1, 0.15) is 0 Å². The van der Waals surface area contributed by atoms with Crippen molar-refractivity contribution < 1.29 is 0 Å². The highest BCUT2D eigenvalue weighted by molar-refractivity contribution is 4.87. The Morgan fingerprint density at radius 1 is 1.05 bits per heavy atom. The van der Waals surface area contributed by atoms with Crippen LogP contribution >= 0.6 is 0 Å². The number of likely N-dealkylation sites (tertiary alicyclic amines) is 1. The average molecular weight is 281 g/mol. The SMILES string of the molecule is CCCN1CCCC(N(C)C2CCCCC2CN)CC1. The second-order valence-corrected chi connectivity index (χ2v) is 6.94. The van der Waals surface area contributed by atoms with Crippen LogP contribution in [-0.2, 0) is 0 Å². The lowest BCUT2D eigenvalue weighted by Crippen LogP contribution is -2.48. The second-order valence-electron chi connectivity index (χ2n) is 6.94. The minimum atomic E-state index is 0.740. The molecule has 3 atom stereocenters. The first-order valence-electron chi connectivity index (χ1n) is 8.90. The zero-order chi connectivity index (χ0) is 14.4. The number of rotatable bonds is 5. The summed E-state index contributed by atoms with van der Waals surface area (Å²) in [4.78, 5) is 5.38. The molecule has 0 aromatic heterocycles. The van der Waals surface area contributed by atoms with Gasteiger partial charge in [-0.25, -0.2) is 0 Å². The van der Waals surface area contributed by atoms with E-state index < -0.39 is 0 Å². The van der Waals surface area contributed by atoms with Crippen LogP contribution in [0.2, 0.25) is 0 Å². The third-order valence-corrected chi connectivity index (χ3v) is 5.60. The number of hydrogen-bond donors (Lipinski definition) is 1. The Morgan fingerprint density at radius 2 is 1.85 bits per heavy atom. The second kappa shape index (κ2) is 8.35. The minimum Gasteiger partial charge on any atom is -0.330 e. The van der Waals surface area contributed by atoms with E-state index in [0.29, 0.717) is 0 Å². The van der Waals surface area contributed by atoms with Gasteiger partial charge in [0.2, 0.25) is 0 Å². The van der Waals surface area contributed by atoms with Crippen LogP contribution < -0.4 is 5.73 Å². The van der Waals surface area contributed by atoms with Crippen LogP contribution in [0.25, 0.3) is 0 Å². The van der Waals surface area contributed by atoms with Gasteiger partial charge in [0.25, 0.3) is 0 Å². The fourth-order valence-corrected chi connectivity index (χ4v) is 4.36. The molecular formula is C17H35N3. The van der Waals surface area contributed by atoms with Crippen LogP contribution in [0.5, 0.6) is 0 Å². The number of nitrogens with two attached hydrogens (primary N) is 1. The first-order chi connectivity index (χ1) is 9.76. The molecule has 1 aliphatic heterocycles. The van der Waals surface area contributed by atoms with Crippen molar-refractivity contribution in [2.75, 3.05) is 33.2 Å². The lowest BCUT2D eigenvalue weighted by Gasteiger charge is -2.41. The van der Waals surface area contributed by atoms with E-state index in [2.05, 4.69) is 23.8 Å². The molecule has 118 valence electrons. The van der Waals surface area contributed by atoms with Gasteiger partial charge in [-0.05, 0) is 77.7 Å². The molecule has 20 heavy (non-hydrogen) atoms. The first-order valence-corrected chi connectivity index (χ1v) is 8.90. The molecule has 0 spiro atoms. The molecule has 1 saturated carbocycles. The summed E-state index contributed by atoms with van der Waals surface area (Å²) in [7, 11) is 2.37. The maximum absolute atomic E-state index is 6.02. The van der Waals surface area contributed by atoms with Gasteiger partial charge in [-0.2, -0.15) is 0 Å². The van der Waals surface area contributed by atoms with E-state index in [1.165, 1.54) is 71.0 Å². The predicted molar refractivity (Wildman–Crippen MR) is 86.9 cm³/mol. The monoisotopic (exact) mass is 281 g/mol. The van der Waals surface area contributed by atoms with E-state index >= 15 is 0 Å². The summed E-state index contributed by atoms with van der Waals surface area (Å²) in [5.74, 6) is 0.740. The molecule has 1 aliphatic carbocycles. The van der Waals surface area contributed by atoms with Crippen molar-refractivity contribution in [2.45, 2.75) is 70.4 Å². The van der Waals surface area contributed by atoms with Crippen LogP contribution in [0.4, 0.5) is 0 Å². The van der Waals surface area contributed by atoms with Gasteiger partial charge in [-0.3, -0.25) is 0 Å². The molecule has 3 heteroatoms. The normalized spacial score (nSPS) is 33.3. The van der Waals surface area contributed by atoms with Gasteiger partial charge in [0.05, 0.1) is 0 Å². The Morgan fingerprint density at radius 3 is 2.60 bits per heavy atom. The Kier molecular flexibility index (Phi) is 6.79. The van der Waals surface area contributed by atoms with Crippen molar-refractivity contribution in [1.82, 2.24) is 9.80 Å². The van der Waals surface area contributed by atoms with Crippen molar-refractivity contribution in [3.63, 3.8) is 0 Å². The lowest BCUT2D eigenvalue weighted by atomic mass is 9.83. The Balaban J connectivity index is 1.89. The van der Waals surface area contributed by atoms with Crippen LogP contribution in [0, 0.1) is 5.92 Å². The highest BCUT2D eigenvalue weighted by atomic mass is 15.2. The standard InChI is InChI=1S/C17H35N3/c1-3-11-20-12-6-8-16(10-13-20)19(2)17-9-5-4-7-15(17)14-18/h15-17H,3-14,18H2,1-2H3. The minimum absolute atomic E-state index is 0.740. The van der Waals surface area contributed by atoms with E-state index in [4.69, 9.17) is 5.73 Å². The van der Waals surface area contributed by atoms with Crippen LogP contribution in [0.1, 0.15) is 58.3 Å². The predicted octanol–water partition coefficient (Wildman–Crippen LogP) is 2.70.